The van der Waals surface area contributed by atoms with Crippen molar-refractivity contribution >= 4 is 11.7 Å². The van der Waals surface area contributed by atoms with Gasteiger partial charge in [-0.2, -0.15) is 0 Å². The molecular formula is C14H12N2O7. The van der Waals surface area contributed by atoms with Crippen LogP contribution >= 0.6 is 0 Å². The number of rotatable bonds is 4. The summed E-state index contributed by atoms with van der Waals surface area (Å²) in [5, 5.41) is 14.6. The van der Waals surface area contributed by atoms with Crippen molar-refractivity contribution in [3.05, 3.63) is 50.9 Å². The molecule has 120 valence electrons. The van der Waals surface area contributed by atoms with Gasteiger partial charge in [-0.1, -0.05) is 5.16 Å². The molecular weight excluding hydrogens is 308 g/mol. The summed E-state index contributed by atoms with van der Waals surface area (Å²) in [5.41, 5.74) is 1.35. The summed E-state index contributed by atoms with van der Waals surface area (Å²) in [7, 11) is 0. The highest BCUT2D eigenvalue weighted by atomic mass is 16.7. The fourth-order valence-electron chi connectivity index (χ4n) is 2.17. The number of hydrogen-bond donors (Lipinski definition) is 0. The molecule has 0 unspecified atom stereocenters. The summed E-state index contributed by atoms with van der Waals surface area (Å²) in [5.74, 6) is -0.313. The van der Waals surface area contributed by atoms with Gasteiger partial charge in [-0.3, -0.25) is 10.1 Å². The van der Waals surface area contributed by atoms with E-state index in [1.165, 1.54) is 18.2 Å². The van der Waals surface area contributed by atoms with Crippen molar-refractivity contribution in [2.24, 2.45) is 0 Å². The van der Waals surface area contributed by atoms with Crippen LogP contribution in [0.4, 0.5) is 5.69 Å². The van der Waals surface area contributed by atoms with E-state index in [2.05, 4.69) is 5.16 Å². The largest absolute Gasteiger partial charge is 0.467 e. The Morgan fingerprint density at radius 2 is 2.26 bits per heavy atom. The van der Waals surface area contributed by atoms with Gasteiger partial charge in [0.1, 0.15) is 12.4 Å². The van der Waals surface area contributed by atoms with Gasteiger partial charge in [-0.25, -0.2) is 4.79 Å². The van der Waals surface area contributed by atoms with Crippen LogP contribution in [0, 0.1) is 17.0 Å². The van der Waals surface area contributed by atoms with Gasteiger partial charge in [0.15, 0.2) is 6.79 Å². The minimum absolute atomic E-state index is 0.0348. The number of nitrogens with zero attached hydrogens (tertiary/aromatic N) is 2. The van der Waals surface area contributed by atoms with Crippen LogP contribution in [0.15, 0.2) is 22.7 Å². The molecule has 0 atom stereocenters. The highest BCUT2D eigenvalue weighted by Gasteiger charge is 2.22. The van der Waals surface area contributed by atoms with Crippen LogP contribution in [0.5, 0.6) is 5.75 Å². The molecule has 0 bridgehead atoms. The number of nitro benzene ring substituents is 1. The summed E-state index contributed by atoms with van der Waals surface area (Å²) in [6.07, 6.45) is 0. The van der Waals surface area contributed by atoms with Gasteiger partial charge in [0.2, 0.25) is 5.76 Å². The normalized spacial score (nSPS) is 13.1. The Kier molecular flexibility index (Phi) is 3.94. The second-order valence-electron chi connectivity index (χ2n) is 4.87. The number of ether oxygens (including phenoxy) is 3. The van der Waals surface area contributed by atoms with E-state index in [1.807, 2.05) is 0 Å². The van der Waals surface area contributed by atoms with Gasteiger partial charge in [0.05, 0.1) is 17.2 Å². The second-order valence-corrected chi connectivity index (χ2v) is 4.87. The van der Waals surface area contributed by atoms with Crippen molar-refractivity contribution < 1.29 is 28.5 Å². The van der Waals surface area contributed by atoms with Crippen molar-refractivity contribution in [2.75, 3.05) is 6.79 Å². The molecule has 9 nitrogen and oxygen atoms in total. The van der Waals surface area contributed by atoms with Gasteiger partial charge in [-0.15, -0.1) is 0 Å². The average Bonchev–Trinajstić information content (AvgIpc) is 2.98. The first-order valence-electron chi connectivity index (χ1n) is 6.66. The molecule has 0 radical (unpaired) electrons. The average molecular weight is 320 g/mol. The fraction of sp³-hybridized carbons (Fsp3) is 0.286. The summed E-state index contributed by atoms with van der Waals surface area (Å²) in [4.78, 5) is 22.3. The molecule has 2 heterocycles. The third kappa shape index (κ3) is 3.14. The molecule has 0 aliphatic carbocycles. The third-order valence-electron chi connectivity index (χ3n) is 3.17. The molecule has 1 aromatic heterocycles. The monoisotopic (exact) mass is 320 g/mol. The maximum absolute atomic E-state index is 11.9. The number of benzene rings is 1. The van der Waals surface area contributed by atoms with Crippen molar-refractivity contribution in [2.45, 2.75) is 20.1 Å². The first-order valence-corrected chi connectivity index (χ1v) is 6.66. The number of esters is 1. The van der Waals surface area contributed by atoms with Gasteiger partial charge < -0.3 is 18.7 Å². The van der Waals surface area contributed by atoms with Crippen LogP contribution in [0.25, 0.3) is 0 Å². The van der Waals surface area contributed by atoms with Crippen molar-refractivity contribution in [1.29, 1.82) is 0 Å². The SMILES string of the molecule is Cc1cc(C(=O)OCc2cc([N+](=O)[O-])cc3c2OCOC3)on1. The van der Waals surface area contributed by atoms with E-state index in [9.17, 15) is 14.9 Å². The first kappa shape index (κ1) is 15.0. The standard InChI is InChI=1S/C14H12N2O7/c1-8-2-12(23-15-8)14(17)21-6-10-4-11(16(18)19)3-9-5-20-7-22-13(9)10/h2-4H,5-7H2,1H3. The van der Waals surface area contributed by atoms with E-state index in [1.54, 1.807) is 6.92 Å². The quantitative estimate of drug-likeness (QED) is 0.478. The van der Waals surface area contributed by atoms with Crippen LogP contribution in [-0.2, 0) is 22.7 Å². The van der Waals surface area contributed by atoms with Crippen molar-refractivity contribution in [3.8, 4) is 5.75 Å². The van der Waals surface area contributed by atoms with E-state index < -0.39 is 10.9 Å². The molecule has 0 fully saturated rings. The third-order valence-corrected chi connectivity index (χ3v) is 3.17. The number of fused-ring (bicyclic) bond motifs is 1. The van der Waals surface area contributed by atoms with Crippen LogP contribution in [0.3, 0.4) is 0 Å². The predicted molar refractivity (Wildman–Crippen MR) is 73.7 cm³/mol. The zero-order valence-electron chi connectivity index (χ0n) is 12.1. The zero-order chi connectivity index (χ0) is 16.4. The number of hydrogen-bond acceptors (Lipinski definition) is 8. The molecule has 0 saturated carbocycles. The van der Waals surface area contributed by atoms with E-state index in [0.717, 1.165) is 0 Å². The summed E-state index contributed by atoms with van der Waals surface area (Å²) < 4.78 is 20.4. The minimum Gasteiger partial charge on any atom is -0.467 e. The molecule has 0 amide bonds. The molecule has 23 heavy (non-hydrogen) atoms. The number of carbonyl (C=O) groups is 1. The lowest BCUT2D eigenvalue weighted by atomic mass is 10.1. The molecule has 1 aliphatic heterocycles. The molecule has 0 saturated heterocycles. The lowest BCUT2D eigenvalue weighted by Gasteiger charge is -2.20. The highest BCUT2D eigenvalue weighted by Crippen LogP contribution is 2.33. The number of aromatic nitrogens is 1. The highest BCUT2D eigenvalue weighted by molar-refractivity contribution is 5.86. The summed E-state index contributed by atoms with van der Waals surface area (Å²) >= 11 is 0. The van der Waals surface area contributed by atoms with Gasteiger partial charge in [0.25, 0.3) is 5.69 Å². The Morgan fingerprint density at radius 1 is 1.43 bits per heavy atom. The van der Waals surface area contributed by atoms with E-state index in [0.29, 0.717) is 22.6 Å². The van der Waals surface area contributed by atoms with Crippen LogP contribution in [0.2, 0.25) is 0 Å². The number of nitro groups is 1. The number of aryl methyl sites for hydroxylation is 1. The maximum Gasteiger partial charge on any atom is 0.377 e. The Balaban J connectivity index is 1.82. The van der Waals surface area contributed by atoms with Gasteiger partial charge in [-0.05, 0) is 6.92 Å². The molecule has 1 aromatic carbocycles. The maximum atomic E-state index is 11.9. The van der Waals surface area contributed by atoms with Crippen LogP contribution < -0.4 is 4.74 Å². The van der Waals surface area contributed by atoms with E-state index >= 15 is 0 Å². The summed E-state index contributed by atoms with van der Waals surface area (Å²) in [6.45, 7) is 1.71. The fourth-order valence-corrected chi connectivity index (χ4v) is 2.17. The van der Waals surface area contributed by atoms with Crippen molar-refractivity contribution in [3.63, 3.8) is 0 Å². The Bertz CT molecular complexity index is 768. The Morgan fingerprint density at radius 3 is 2.96 bits per heavy atom. The molecule has 1 aliphatic rings. The van der Waals surface area contributed by atoms with E-state index in [-0.39, 0.29) is 31.5 Å². The van der Waals surface area contributed by atoms with E-state index in [4.69, 9.17) is 18.7 Å². The molecule has 0 N–H and O–H groups in total. The second kappa shape index (κ2) is 6.05. The summed E-state index contributed by atoms with van der Waals surface area (Å²) in [6, 6.07) is 4.12. The van der Waals surface area contributed by atoms with Crippen molar-refractivity contribution in [1.82, 2.24) is 5.16 Å². The van der Waals surface area contributed by atoms with Crippen LogP contribution in [0.1, 0.15) is 27.4 Å². The topological polar surface area (TPSA) is 114 Å². The Hall–Kier alpha value is -2.94. The molecule has 9 heteroatoms. The molecule has 0 spiro atoms. The number of carbonyl (C=O) groups excluding carboxylic acids is 1. The first-order chi connectivity index (χ1) is 11.0. The minimum atomic E-state index is -0.710. The van der Waals surface area contributed by atoms with Gasteiger partial charge >= 0.3 is 5.97 Å². The van der Waals surface area contributed by atoms with Crippen LogP contribution in [-0.4, -0.2) is 22.8 Å². The molecule has 3 rings (SSSR count). The Labute approximate surface area is 129 Å². The number of non-ortho nitro benzene ring substituents is 1. The lowest BCUT2D eigenvalue weighted by molar-refractivity contribution is -0.385. The lowest BCUT2D eigenvalue weighted by Crippen LogP contribution is -2.15. The zero-order valence-corrected chi connectivity index (χ0v) is 12.1. The van der Waals surface area contributed by atoms with Gasteiger partial charge in [0, 0.05) is 29.3 Å². The smallest absolute Gasteiger partial charge is 0.377 e. The predicted octanol–water partition coefficient (Wildman–Crippen LogP) is 2.11. The molecule has 2 aromatic rings.